The zero-order valence-corrected chi connectivity index (χ0v) is 8.80. The third-order valence-electron chi connectivity index (χ3n) is 2.53. The van der Waals surface area contributed by atoms with Crippen LogP contribution in [0.3, 0.4) is 0 Å². The summed E-state index contributed by atoms with van der Waals surface area (Å²) < 4.78 is 0. The van der Waals surface area contributed by atoms with Crippen molar-refractivity contribution >= 4 is 0 Å². The average molecular weight is 170 g/mol. The van der Waals surface area contributed by atoms with Gasteiger partial charge in [-0.05, 0) is 39.8 Å². The summed E-state index contributed by atoms with van der Waals surface area (Å²) in [6, 6.07) is 1.44. The summed E-state index contributed by atoms with van der Waals surface area (Å²) in [7, 11) is 4.25. The van der Waals surface area contributed by atoms with Gasteiger partial charge in [-0.15, -0.1) is 0 Å². The van der Waals surface area contributed by atoms with Crippen molar-refractivity contribution in [2.24, 2.45) is 5.92 Å². The maximum atomic E-state index is 3.64. The van der Waals surface area contributed by atoms with Crippen LogP contribution in [0.2, 0.25) is 0 Å². The number of nitrogens with one attached hydrogen (secondary N) is 1. The van der Waals surface area contributed by atoms with Gasteiger partial charge >= 0.3 is 0 Å². The van der Waals surface area contributed by atoms with Gasteiger partial charge in [0, 0.05) is 18.6 Å². The Labute approximate surface area is 76.3 Å². The van der Waals surface area contributed by atoms with Crippen molar-refractivity contribution in [3.8, 4) is 0 Å². The van der Waals surface area contributed by atoms with Crippen molar-refractivity contribution in [2.45, 2.75) is 38.8 Å². The summed E-state index contributed by atoms with van der Waals surface area (Å²) in [6.07, 6.45) is 2.75. The lowest BCUT2D eigenvalue weighted by atomic mass is 9.81. The van der Waals surface area contributed by atoms with Crippen molar-refractivity contribution in [2.75, 3.05) is 20.6 Å². The fourth-order valence-corrected chi connectivity index (χ4v) is 2.04. The van der Waals surface area contributed by atoms with Gasteiger partial charge in [-0.25, -0.2) is 0 Å². The molecular formula is C10H22N2. The molecule has 1 aliphatic carbocycles. The first kappa shape index (κ1) is 10.0. The molecule has 0 radical (unpaired) electrons. The fraction of sp³-hybridized carbons (Fsp3) is 1.00. The van der Waals surface area contributed by atoms with E-state index in [-0.39, 0.29) is 0 Å². The first-order valence-electron chi connectivity index (χ1n) is 4.98. The molecule has 0 aromatic rings. The minimum atomic E-state index is 0.637. The molecule has 1 fully saturated rings. The van der Waals surface area contributed by atoms with Crippen molar-refractivity contribution < 1.29 is 0 Å². The molecule has 72 valence electrons. The Morgan fingerprint density at radius 2 is 2.00 bits per heavy atom. The van der Waals surface area contributed by atoms with Crippen LogP contribution in [0.4, 0.5) is 0 Å². The van der Waals surface area contributed by atoms with Gasteiger partial charge in [0.05, 0.1) is 0 Å². The molecule has 1 unspecified atom stereocenters. The van der Waals surface area contributed by atoms with Crippen molar-refractivity contribution in [3.05, 3.63) is 0 Å². The first-order valence-corrected chi connectivity index (χ1v) is 4.98. The van der Waals surface area contributed by atoms with Gasteiger partial charge < -0.3 is 10.2 Å². The molecule has 1 saturated carbocycles. The molecule has 0 spiro atoms. The predicted molar refractivity (Wildman–Crippen MR) is 53.3 cm³/mol. The predicted octanol–water partition coefficient (Wildman–Crippen LogP) is 1.32. The van der Waals surface area contributed by atoms with Crippen LogP contribution in [0.1, 0.15) is 26.7 Å². The Morgan fingerprint density at radius 3 is 2.42 bits per heavy atom. The summed E-state index contributed by atoms with van der Waals surface area (Å²) in [5, 5.41) is 3.64. The summed E-state index contributed by atoms with van der Waals surface area (Å²) in [5.41, 5.74) is 0. The molecule has 1 atom stereocenters. The molecule has 1 aliphatic rings. The highest BCUT2D eigenvalue weighted by Gasteiger charge is 2.25. The van der Waals surface area contributed by atoms with Gasteiger partial charge in [0.15, 0.2) is 0 Å². The summed E-state index contributed by atoms with van der Waals surface area (Å²) in [5.74, 6) is 0.953. The standard InChI is InChI=1S/C10H22N2/c1-8-5-10(6-8)11-9(2)7-12(3)4/h8-11H,5-7H2,1-4H3. The van der Waals surface area contributed by atoms with Crippen LogP contribution in [0.15, 0.2) is 0 Å². The second-order valence-corrected chi connectivity index (χ2v) is 4.60. The van der Waals surface area contributed by atoms with Gasteiger partial charge in [-0.1, -0.05) is 6.92 Å². The van der Waals surface area contributed by atoms with E-state index in [1.165, 1.54) is 12.8 Å². The van der Waals surface area contributed by atoms with E-state index in [1.54, 1.807) is 0 Å². The van der Waals surface area contributed by atoms with E-state index in [2.05, 4.69) is 38.2 Å². The molecule has 0 amide bonds. The fourth-order valence-electron chi connectivity index (χ4n) is 2.04. The zero-order valence-electron chi connectivity index (χ0n) is 8.80. The second-order valence-electron chi connectivity index (χ2n) is 4.60. The van der Waals surface area contributed by atoms with E-state index >= 15 is 0 Å². The van der Waals surface area contributed by atoms with Crippen LogP contribution >= 0.6 is 0 Å². The minimum Gasteiger partial charge on any atom is -0.310 e. The summed E-state index contributed by atoms with van der Waals surface area (Å²) in [6.45, 7) is 5.74. The molecule has 1 rings (SSSR count). The third kappa shape index (κ3) is 3.11. The molecule has 0 heterocycles. The molecule has 0 aliphatic heterocycles. The van der Waals surface area contributed by atoms with Crippen LogP contribution in [0.25, 0.3) is 0 Å². The number of hydrogen-bond acceptors (Lipinski definition) is 2. The SMILES string of the molecule is CC1CC(NC(C)CN(C)C)C1. The molecule has 1 N–H and O–H groups in total. The normalized spacial score (nSPS) is 31.8. The van der Waals surface area contributed by atoms with Gasteiger partial charge in [0.25, 0.3) is 0 Å². The lowest BCUT2D eigenvalue weighted by molar-refractivity contribution is 0.211. The average Bonchev–Trinajstić information content (AvgIpc) is 1.82. The number of nitrogens with zero attached hydrogens (tertiary/aromatic N) is 1. The molecule has 0 aromatic heterocycles. The van der Waals surface area contributed by atoms with E-state index in [4.69, 9.17) is 0 Å². The second kappa shape index (κ2) is 4.24. The summed E-state index contributed by atoms with van der Waals surface area (Å²) in [4.78, 5) is 2.24. The van der Waals surface area contributed by atoms with E-state index in [0.29, 0.717) is 6.04 Å². The van der Waals surface area contributed by atoms with E-state index in [9.17, 15) is 0 Å². The summed E-state index contributed by atoms with van der Waals surface area (Å²) >= 11 is 0. The van der Waals surface area contributed by atoms with E-state index < -0.39 is 0 Å². The number of hydrogen-bond donors (Lipinski definition) is 1. The Kier molecular flexibility index (Phi) is 3.53. The molecule has 0 bridgehead atoms. The maximum Gasteiger partial charge on any atom is 0.0169 e. The number of rotatable bonds is 4. The molecule has 2 nitrogen and oxygen atoms in total. The lowest BCUT2D eigenvalue weighted by Gasteiger charge is -2.36. The van der Waals surface area contributed by atoms with Gasteiger partial charge in [0.1, 0.15) is 0 Å². The Hall–Kier alpha value is -0.0800. The van der Waals surface area contributed by atoms with Crippen molar-refractivity contribution in [3.63, 3.8) is 0 Å². The van der Waals surface area contributed by atoms with Crippen LogP contribution in [-0.2, 0) is 0 Å². The molecule has 0 saturated heterocycles. The van der Waals surface area contributed by atoms with Crippen molar-refractivity contribution in [1.29, 1.82) is 0 Å². The zero-order chi connectivity index (χ0) is 9.14. The van der Waals surface area contributed by atoms with E-state index in [0.717, 1.165) is 18.5 Å². The van der Waals surface area contributed by atoms with E-state index in [1.807, 2.05) is 0 Å². The molecule has 0 aromatic carbocycles. The smallest absolute Gasteiger partial charge is 0.0169 e. The monoisotopic (exact) mass is 170 g/mol. The van der Waals surface area contributed by atoms with Gasteiger partial charge in [-0.2, -0.15) is 0 Å². The molecule has 12 heavy (non-hydrogen) atoms. The Balaban J connectivity index is 2.06. The molecule has 2 heteroatoms. The van der Waals surface area contributed by atoms with Crippen LogP contribution in [-0.4, -0.2) is 37.6 Å². The Morgan fingerprint density at radius 1 is 1.42 bits per heavy atom. The first-order chi connectivity index (χ1) is 5.58. The van der Waals surface area contributed by atoms with Crippen molar-refractivity contribution in [1.82, 2.24) is 10.2 Å². The van der Waals surface area contributed by atoms with Crippen LogP contribution in [0, 0.1) is 5.92 Å². The van der Waals surface area contributed by atoms with Gasteiger partial charge in [0.2, 0.25) is 0 Å². The molecular weight excluding hydrogens is 148 g/mol. The topological polar surface area (TPSA) is 15.3 Å². The highest BCUT2D eigenvalue weighted by molar-refractivity contribution is 4.84. The largest absolute Gasteiger partial charge is 0.310 e. The Bertz CT molecular complexity index is 128. The quantitative estimate of drug-likeness (QED) is 0.684. The minimum absolute atomic E-state index is 0.637. The maximum absolute atomic E-state index is 3.64. The highest BCUT2D eigenvalue weighted by Crippen LogP contribution is 2.26. The third-order valence-corrected chi connectivity index (χ3v) is 2.53. The van der Waals surface area contributed by atoms with Gasteiger partial charge in [-0.3, -0.25) is 0 Å². The number of likely N-dealkylation sites (N-methyl/N-ethyl adjacent to an activating group) is 1. The lowest BCUT2D eigenvalue weighted by Crippen LogP contribution is -2.47. The van der Waals surface area contributed by atoms with Crippen LogP contribution < -0.4 is 5.32 Å². The van der Waals surface area contributed by atoms with Crippen LogP contribution in [0.5, 0.6) is 0 Å². The highest BCUT2D eigenvalue weighted by atomic mass is 15.1.